The van der Waals surface area contributed by atoms with E-state index >= 15 is 0 Å². The Hall–Kier alpha value is -2.08. The van der Waals surface area contributed by atoms with Crippen LogP contribution in [-0.2, 0) is 11.3 Å². The number of hydrogen-bond acceptors (Lipinski definition) is 4. The third-order valence-electron chi connectivity index (χ3n) is 3.52. The number of benzene rings is 1. The van der Waals surface area contributed by atoms with E-state index < -0.39 is 5.97 Å². The lowest BCUT2D eigenvalue weighted by molar-refractivity contribution is -0.147. The second kappa shape index (κ2) is 4.55. The molecule has 2 heterocycles. The zero-order chi connectivity index (χ0) is 13.4. The molecule has 6 nitrogen and oxygen atoms in total. The number of nitrogens with zero attached hydrogens (tertiary/aromatic N) is 2. The first-order valence-electron chi connectivity index (χ1n) is 6.18. The summed E-state index contributed by atoms with van der Waals surface area (Å²) in [4.78, 5) is 24.4. The predicted octanol–water partition coefficient (Wildman–Crippen LogP) is 0.611. The maximum Gasteiger partial charge on any atom is 0.419 e. The summed E-state index contributed by atoms with van der Waals surface area (Å²) in [6.07, 6.45) is 0. The summed E-state index contributed by atoms with van der Waals surface area (Å²) in [6, 6.07) is 7.29. The third kappa shape index (κ3) is 2.15. The Labute approximate surface area is 108 Å². The fraction of sp³-hybridized carbons (Fsp3) is 0.385. The van der Waals surface area contributed by atoms with Crippen molar-refractivity contribution in [3.05, 3.63) is 34.8 Å². The number of oxazole rings is 1. The topological polar surface area (TPSA) is 75.7 Å². The van der Waals surface area contributed by atoms with Crippen molar-refractivity contribution in [1.82, 2.24) is 9.47 Å². The zero-order valence-corrected chi connectivity index (χ0v) is 10.3. The van der Waals surface area contributed by atoms with Crippen LogP contribution in [0.5, 0.6) is 0 Å². The van der Waals surface area contributed by atoms with Gasteiger partial charge in [-0.1, -0.05) is 12.1 Å². The number of fused-ring (bicyclic) bond motifs is 1. The molecule has 0 aliphatic carbocycles. The van der Waals surface area contributed by atoms with E-state index in [2.05, 4.69) is 0 Å². The highest BCUT2D eigenvalue weighted by molar-refractivity contribution is 5.72. The number of carbonyl (C=O) groups is 1. The smallest absolute Gasteiger partial charge is 0.419 e. The van der Waals surface area contributed by atoms with Crippen molar-refractivity contribution >= 4 is 17.1 Å². The van der Waals surface area contributed by atoms with E-state index in [4.69, 9.17) is 9.52 Å². The van der Waals surface area contributed by atoms with Crippen LogP contribution in [0.3, 0.4) is 0 Å². The number of rotatable bonds is 4. The number of likely N-dealkylation sites (tertiary alicyclic amines) is 1. The molecule has 100 valence electrons. The lowest BCUT2D eigenvalue weighted by Gasteiger charge is -2.36. The van der Waals surface area contributed by atoms with Crippen molar-refractivity contribution in [2.24, 2.45) is 5.92 Å². The Morgan fingerprint density at radius 2 is 2.05 bits per heavy atom. The highest BCUT2D eigenvalue weighted by atomic mass is 16.4. The maximum absolute atomic E-state index is 11.7. The van der Waals surface area contributed by atoms with Gasteiger partial charge in [-0.15, -0.1) is 0 Å². The molecule has 2 aromatic rings. The molecule has 6 heteroatoms. The number of aromatic nitrogens is 1. The number of hydrogen-bond donors (Lipinski definition) is 1. The SMILES string of the molecule is O=C(O)C1CN(CCn2c(=O)oc3ccccc32)C1. The molecular formula is C13H14N2O4. The Morgan fingerprint density at radius 1 is 1.32 bits per heavy atom. The minimum Gasteiger partial charge on any atom is -0.481 e. The van der Waals surface area contributed by atoms with Gasteiger partial charge in [0.1, 0.15) is 0 Å². The average Bonchev–Trinajstić information content (AvgIpc) is 2.63. The Kier molecular flexibility index (Phi) is 2.87. The van der Waals surface area contributed by atoms with Crippen LogP contribution < -0.4 is 5.76 Å². The van der Waals surface area contributed by atoms with Crippen molar-refractivity contribution < 1.29 is 14.3 Å². The lowest BCUT2D eigenvalue weighted by Crippen LogP contribution is -2.51. The summed E-state index contributed by atoms with van der Waals surface area (Å²) in [5, 5.41) is 8.79. The van der Waals surface area contributed by atoms with Crippen LogP contribution in [-0.4, -0.2) is 40.2 Å². The Bertz CT molecular complexity index is 667. The van der Waals surface area contributed by atoms with Gasteiger partial charge in [-0.3, -0.25) is 14.3 Å². The van der Waals surface area contributed by atoms with Crippen LogP contribution in [0.2, 0.25) is 0 Å². The van der Waals surface area contributed by atoms with Crippen molar-refractivity contribution in [3.63, 3.8) is 0 Å². The molecule has 0 unspecified atom stereocenters. The van der Waals surface area contributed by atoms with E-state index in [0.29, 0.717) is 31.8 Å². The molecule has 1 aromatic carbocycles. The van der Waals surface area contributed by atoms with Crippen molar-refractivity contribution in [1.29, 1.82) is 0 Å². The molecule has 1 aliphatic rings. The summed E-state index contributed by atoms with van der Waals surface area (Å²) < 4.78 is 6.72. The molecule has 0 radical (unpaired) electrons. The molecule has 1 fully saturated rings. The van der Waals surface area contributed by atoms with Crippen LogP contribution in [0.25, 0.3) is 11.1 Å². The number of aliphatic carboxylic acids is 1. The lowest BCUT2D eigenvalue weighted by atomic mass is 10.0. The van der Waals surface area contributed by atoms with Gasteiger partial charge < -0.3 is 9.52 Å². The van der Waals surface area contributed by atoms with E-state index in [1.54, 1.807) is 10.6 Å². The van der Waals surface area contributed by atoms with Crippen LogP contribution in [0.4, 0.5) is 0 Å². The first-order chi connectivity index (χ1) is 9.15. The molecule has 0 saturated carbocycles. The molecule has 1 aromatic heterocycles. The molecule has 1 N–H and O–H groups in total. The molecule has 0 bridgehead atoms. The van der Waals surface area contributed by atoms with Gasteiger partial charge in [-0.2, -0.15) is 0 Å². The van der Waals surface area contributed by atoms with Gasteiger partial charge >= 0.3 is 11.7 Å². The molecular weight excluding hydrogens is 248 g/mol. The minimum atomic E-state index is -0.748. The number of carboxylic acid groups (broad SMARTS) is 1. The summed E-state index contributed by atoms with van der Waals surface area (Å²) in [5.74, 6) is -1.38. The van der Waals surface area contributed by atoms with Crippen molar-refractivity contribution in [2.75, 3.05) is 19.6 Å². The summed E-state index contributed by atoms with van der Waals surface area (Å²) in [7, 11) is 0. The third-order valence-corrected chi connectivity index (χ3v) is 3.52. The first-order valence-corrected chi connectivity index (χ1v) is 6.18. The molecule has 0 atom stereocenters. The predicted molar refractivity (Wildman–Crippen MR) is 68.0 cm³/mol. The average molecular weight is 262 g/mol. The van der Waals surface area contributed by atoms with Crippen LogP contribution in [0, 0.1) is 5.92 Å². The fourth-order valence-electron chi connectivity index (χ4n) is 2.38. The Morgan fingerprint density at radius 3 is 2.79 bits per heavy atom. The Balaban J connectivity index is 1.68. The van der Waals surface area contributed by atoms with Gasteiger partial charge in [0.15, 0.2) is 5.58 Å². The molecule has 19 heavy (non-hydrogen) atoms. The molecule has 3 rings (SSSR count). The van der Waals surface area contributed by atoms with Gasteiger partial charge in [0.2, 0.25) is 0 Å². The van der Waals surface area contributed by atoms with Crippen LogP contribution >= 0.6 is 0 Å². The highest BCUT2D eigenvalue weighted by Gasteiger charge is 2.32. The van der Waals surface area contributed by atoms with E-state index in [9.17, 15) is 9.59 Å². The summed E-state index contributed by atoms with van der Waals surface area (Å²) >= 11 is 0. The normalized spacial score (nSPS) is 16.6. The maximum atomic E-state index is 11.7. The molecule has 0 amide bonds. The van der Waals surface area contributed by atoms with E-state index in [1.165, 1.54) is 0 Å². The van der Waals surface area contributed by atoms with E-state index in [-0.39, 0.29) is 11.7 Å². The van der Waals surface area contributed by atoms with Gasteiger partial charge in [-0.25, -0.2) is 4.79 Å². The summed E-state index contributed by atoms with van der Waals surface area (Å²) in [6.45, 7) is 2.29. The van der Waals surface area contributed by atoms with Crippen molar-refractivity contribution in [3.8, 4) is 0 Å². The van der Waals surface area contributed by atoms with Crippen molar-refractivity contribution in [2.45, 2.75) is 6.54 Å². The number of carboxylic acids is 1. The van der Waals surface area contributed by atoms with Crippen LogP contribution in [0.15, 0.2) is 33.5 Å². The van der Waals surface area contributed by atoms with E-state index in [0.717, 1.165) is 5.52 Å². The zero-order valence-electron chi connectivity index (χ0n) is 10.3. The molecule has 1 aliphatic heterocycles. The number of para-hydroxylation sites is 2. The van der Waals surface area contributed by atoms with Gasteiger partial charge in [0, 0.05) is 26.2 Å². The minimum absolute atomic E-state index is 0.266. The van der Waals surface area contributed by atoms with E-state index in [1.807, 2.05) is 23.1 Å². The quantitative estimate of drug-likeness (QED) is 0.873. The largest absolute Gasteiger partial charge is 0.481 e. The monoisotopic (exact) mass is 262 g/mol. The summed E-state index contributed by atoms with van der Waals surface area (Å²) in [5.41, 5.74) is 1.36. The fourth-order valence-corrected chi connectivity index (χ4v) is 2.38. The second-order valence-corrected chi connectivity index (χ2v) is 4.78. The first kappa shape index (κ1) is 12.0. The van der Waals surface area contributed by atoms with Gasteiger partial charge in [0.05, 0.1) is 11.4 Å². The van der Waals surface area contributed by atoms with Gasteiger partial charge in [0.25, 0.3) is 0 Å². The van der Waals surface area contributed by atoms with Gasteiger partial charge in [-0.05, 0) is 12.1 Å². The van der Waals surface area contributed by atoms with Crippen LogP contribution in [0.1, 0.15) is 0 Å². The molecule has 0 spiro atoms. The second-order valence-electron chi connectivity index (χ2n) is 4.78. The highest BCUT2D eigenvalue weighted by Crippen LogP contribution is 2.16. The molecule has 1 saturated heterocycles. The standard InChI is InChI=1S/C13H14N2O4/c16-12(17)9-7-14(8-9)5-6-15-10-3-1-2-4-11(10)19-13(15)18/h1-4,9H,5-8H2,(H,16,17).